The van der Waals surface area contributed by atoms with E-state index in [2.05, 4.69) is 83.1 Å². The molecule has 0 radical (unpaired) electrons. The molecule has 3 heteroatoms. The molecule has 144 valence electrons. The van der Waals surface area contributed by atoms with Crippen LogP contribution in [0.1, 0.15) is 69.6 Å². The van der Waals surface area contributed by atoms with Gasteiger partial charge >= 0.3 is 37.9 Å². The van der Waals surface area contributed by atoms with Crippen molar-refractivity contribution in [2.24, 2.45) is 0 Å². The molecule has 0 heterocycles. The maximum atomic E-state index is 4.93. The van der Waals surface area contributed by atoms with Crippen molar-refractivity contribution in [1.29, 1.82) is 0 Å². The van der Waals surface area contributed by atoms with Crippen LogP contribution in [-0.2, 0) is 27.3 Å². The van der Waals surface area contributed by atoms with Gasteiger partial charge in [0.25, 0.3) is 0 Å². The van der Waals surface area contributed by atoms with Gasteiger partial charge in [-0.3, -0.25) is 0 Å². The number of hydrogen-bond donors (Lipinski definition) is 0. The first-order chi connectivity index (χ1) is 12.9. The molecule has 0 saturated heterocycles. The normalized spacial score (nSPS) is 11.0. The molecule has 0 nitrogen and oxygen atoms in total. The van der Waals surface area contributed by atoms with E-state index < -0.39 is 20.8 Å². The second-order valence-corrected chi connectivity index (χ2v) is 11.3. The van der Waals surface area contributed by atoms with Gasteiger partial charge in [-0.2, -0.15) is 6.07 Å². The first kappa shape index (κ1) is 22.8. The van der Waals surface area contributed by atoms with Crippen LogP contribution in [0.25, 0.3) is 21.9 Å². The van der Waals surface area contributed by atoms with Gasteiger partial charge in [-0.25, -0.2) is 0 Å². The minimum absolute atomic E-state index is 0.533. The van der Waals surface area contributed by atoms with Crippen LogP contribution in [0, 0.1) is 0 Å². The van der Waals surface area contributed by atoms with Crippen LogP contribution in [0.3, 0.4) is 0 Å². The average Bonchev–Trinajstić information content (AvgIpc) is 3.07. The fourth-order valence-corrected chi connectivity index (χ4v) is 3.71. The Kier molecular flexibility index (Phi) is 9.20. The van der Waals surface area contributed by atoms with E-state index in [4.69, 9.17) is 17.0 Å². The monoisotopic (exact) mass is 477 g/mol. The van der Waals surface area contributed by atoms with E-state index in [0.29, 0.717) is 11.8 Å². The van der Waals surface area contributed by atoms with Gasteiger partial charge in [0.15, 0.2) is 0 Å². The Hall–Kier alpha value is -0.487. The summed E-state index contributed by atoms with van der Waals surface area (Å²) >= 11 is -0.826. The van der Waals surface area contributed by atoms with E-state index in [1.165, 1.54) is 45.0 Å². The van der Waals surface area contributed by atoms with Crippen molar-refractivity contribution in [3.63, 3.8) is 0 Å². The van der Waals surface area contributed by atoms with Gasteiger partial charge in [0.05, 0.1) is 0 Å². The number of fused-ring (bicyclic) bond motifs is 1. The summed E-state index contributed by atoms with van der Waals surface area (Å²) < 4.78 is 0. The number of halogens is 2. The van der Waals surface area contributed by atoms with E-state index in [1.807, 2.05) is 0 Å². The number of hydrogen-bond acceptors (Lipinski definition) is 0. The van der Waals surface area contributed by atoms with Crippen LogP contribution < -0.4 is 0 Å². The summed E-state index contributed by atoms with van der Waals surface area (Å²) in [6.07, 6.45) is 2.32. The molecule has 0 aliphatic rings. The van der Waals surface area contributed by atoms with Gasteiger partial charge in [-0.05, 0) is 29.4 Å². The molecule has 0 fully saturated rings. The summed E-state index contributed by atoms with van der Waals surface area (Å²) in [6.45, 7) is 11.4. The van der Waals surface area contributed by atoms with Crippen LogP contribution >= 0.6 is 17.0 Å². The van der Waals surface area contributed by atoms with E-state index in [-0.39, 0.29) is 0 Å². The third-order valence-electron chi connectivity index (χ3n) is 5.04. The fourth-order valence-electron chi connectivity index (χ4n) is 3.71. The summed E-state index contributed by atoms with van der Waals surface area (Å²) in [4.78, 5) is 0. The van der Waals surface area contributed by atoms with E-state index in [0.717, 1.165) is 6.42 Å². The van der Waals surface area contributed by atoms with Crippen molar-refractivity contribution in [2.45, 2.75) is 59.3 Å². The molecule has 27 heavy (non-hydrogen) atoms. The van der Waals surface area contributed by atoms with Gasteiger partial charge in [-0.1, -0.05) is 76.4 Å². The molecule has 0 bridgehead atoms. The Morgan fingerprint density at radius 3 is 2.22 bits per heavy atom. The summed E-state index contributed by atoms with van der Waals surface area (Å²) in [7, 11) is 9.87. The molecule has 0 spiro atoms. The molecule has 0 saturated carbocycles. The molecule has 3 rings (SSSR count). The molecule has 0 aromatic heterocycles. The van der Waals surface area contributed by atoms with Crippen molar-refractivity contribution >= 4 is 27.8 Å². The van der Waals surface area contributed by atoms with Crippen LogP contribution in [-0.4, -0.2) is 0 Å². The van der Waals surface area contributed by atoms with Crippen molar-refractivity contribution in [2.75, 3.05) is 0 Å². The van der Waals surface area contributed by atoms with Crippen molar-refractivity contribution < 1.29 is 20.8 Å². The second-order valence-electron chi connectivity index (χ2n) is 7.61. The predicted octanol–water partition coefficient (Wildman–Crippen LogP) is 8.80. The van der Waals surface area contributed by atoms with Gasteiger partial charge < -0.3 is 0 Å². The van der Waals surface area contributed by atoms with Crippen molar-refractivity contribution in [1.82, 2.24) is 0 Å². The summed E-state index contributed by atoms with van der Waals surface area (Å²) in [5.41, 5.74) is 7.27. The molecule has 0 atom stereocenters. The molecule has 3 aromatic rings. The first-order valence-electron chi connectivity index (χ1n) is 9.72. The molecule has 0 amide bonds. The first-order valence-corrected chi connectivity index (χ1v) is 16.0. The molecule has 0 N–H and O–H groups in total. The maximum absolute atomic E-state index is 4.93. The standard InChI is InChI=1S/C24H29.2ClH.Zr/c1-6-9-18-12-13-19-14-20(16(2)3)15-23(19)24(18)22-11-8-7-10-21(22)17(4)5;;;/h7-8,10-17H,6,9H2,1-5H3;2*1H;/q-1;;;+2/p-2. The van der Waals surface area contributed by atoms with Crippen molar-refractivity contribution in [3.05, 3.63) is 65.2 Å². The van der Waals surface area contributed by atoms with Gasteiger partial charge in [0, 0.05) is 0 Å². The van der Waals surface area contributed by atoms with E-state index >= 15 is 0 Å². The Morgan fingerprint density at radius 2 is 1.63 bits per heavy atom. The van der Waals surface area contributed by atoms with Crippen LogP contribution in [0.15, 0.2) is 48.5 Å². The second kappa shape index (κ2) is 10.9. The Labute approximate surface area is 183 Å². The van der Waals surface area contributed by atoms with Gasteiger partial charge in [0.1, 0.15) is 0 Å². The Morgan fingerprint density at radius 1 is 0.963 bits per heavy atom. The molecule has 3 aromatic carbocycles. The number of aryl methyl sites for hydroxylation is 1. The van der Waals surface area contributed by atoms with Crippen LogP contribution in [0.5, 0.6) is 0 Å². The summed E-state index contributed by atoms with van der Waals surface area (Å²) in [5, 5.41) is 2.81. The van der Waals surface area contributed by atoms with E-state index in [9.17, 15) is 0 Å². The average molecular weight is 480 g/mol. The third kappa shape index (κ3) is 5.53. The SMILES string of the molecule is CCCc1ccc2[cH-]c(C(C)C)cc2c1-c1ccccc1C(C)C.[Cl][Zr][Cl]. The topological polar surface area (TPSA) is 0 Å². The van der Waals surface area contributed by atoms with Crippen LogP contribution in [0.2, 0.25) is 0 Å². The molecule has 0 aliphatic carbocycles. The zero-order chi connectivity index (χ0) is 20.0. The minimum atomic E-state index is -0.826. The number of benzene rings is 2. The zero-order valence-electron chi connectivity index (χ0n) is 16.9. The summed E-state index contributed by atoms with van der Waals surface area (Å²) in [5.74, 6) is 1.10. The summed E-state index contributed by atoms with van der Waals surface area (Å²) in [6, 6.07) is 18.4. The van der Waals surface area contributed by atoms with Gasteiger partial charge in [0.2, 0.25) is 0 Å². The Bertz CT molecular complexity index is 862. The van der Waals surface area contributed by atoms with Crippen molar-refractivity contribution in [3.8, 4) is 11.1 Å². The Balaban J connectivity index is 0.000000817. The predicted molar refractivity (Wildman–Crippen MR) is 119 cm³/mol. The number of rotatable bonds is 5. The van der Waals surface area contributed by atoms with Gasteiger partial charge in [-0.15, -0.1) is 34.5 Å². The molecular formula is C24H29Cl2Zr-. The van der Waals surface area contributed by atoms with E-state index in [1.54, 1.807) is 0 Å². The van der Waals surface area contributed by atoms with Crippen LogP contribution in [0.4, 0.5) is 0 Å². The third-order valence-corrected chi connectivity index (χ3v) is 5.04. The molecular weight excluding hydrogens is 450 g/mol. The fraction of sp³-hybridized carbons (Fsp3) is 0.375. The zero-order valence-corrected chi connectivity index (χ0v) is 20.9. The molecule has 0 aliphatic heterocycles. The quantitative estimate of drug-likeness (QED) is 0.321. The molecule has 0 unspecified atom stereocenters.